The van der Waals surface area contributed by atoms with E-state index in [9.17, 15) is 9.59 Å². The van der Waals surface area contributed by atoms with E-state index in [0.717, 1.165) is 64.2 Å². The number of nitrogens with one attached hydrogen (secondary N) is 1. The number of ether oxygens (including phenoxy) is 1. The van der Waals surface area contributed by atoms with Crippen molar-refractivity contribution in [2.24, 2.45) is 10.9 Å². The fourth-order valence-electron chi connectivity index (χ4n) is 3.87. The lowest BCUT2D eigenvalue weighted by molar-refractivity contribution is -0.146. The lowest BCUT2D eigenvalue weighted by Crippen LogP contribution is -2.47. The van der Waals surface area contributed by atoms with E-state index in [4.69, 9.17) is 9.73 Å². The third-order valence-electron chi connectivity index (χ3n) is 5.41. The molecule has 0 aromatic heterocycles. The van der Waals surface area contributed by atoms with Gasteiger partial charge in [-0.25, -0.2) is 0 Å². The van der Waals surface area contributed by atoms with Crippen molar-refractivity contribution in [1.82, 2.24) is 15.1 Å². The fourth-order valence-corrected chi connectivity index (χ4v) is 3.87. The minimum Gasteiger partial charge on any atom is -0.469 e. The van der Waals surface area contributed by atoms with E-state index in [1.54, 1.807) is 0 Å². The molecule has 2 heterocycles. The zero-order valence-electron chi connectivity index (χ0n) is 16.9. The van der Waals surface area contributed by atoms with Crippen LogP contribution >= 0.6 is 24.0 Å². The highest BCUT2D eigenvalue weighted by Gasteiger charge is 2.28. The molecule has 2 aliphatic rings. The molecule has 0 radical (unpaired) electrons. The molecule has 1 unspecified atom stereocenters. The Labute approximate surface area is 180 Å². The first-order chi connectivity index (χ1) is 12.6. The summed E-state index contributed by atoms with van der Waals surface area (Å²) in [7, 11) is 1.45. The van der Waals surface area contributed by atoms with Crippen LogP contribution < -0.4 is 5.32 Å². The van der Waals surface area contributed by atoms with Crippen LogP contribution in [0.3, 0.4) is 0 Å². The van der Waals surface area contributed by atoms with Crippen molar-refractivity contribution in [3.8, 4) is 0 Å². The average Bonchev–Trinajstić information content (AvgIpc) is 3.09. The monoisotopic (exact) mass is 494 g/mol. The standard InChI is InChI=1S/C19H34N4O3.HI/c1-4-16(23-12-6-7-17(23)24)8-11-21-19(20-5-2)22-13-9-15(10-14-22)18(25)26-3;/h15-16H,4-14H2,1-3H3,(H,20,21);1H. The number of guanidine groups is 1. The van der Waals surface area contributed by atoms with Crippen molar-refractivity contribution in [1.29, 1.82) is 0 Å². The number of esters is 1. The Morgan fingerprint density at radius 3 is 2.52 bits per heavy atom. The lowest BCUT2D eigenvalue weighted by atomic mass is 9.97. The number of hydrogen-bond donors (Lipinski definition) is 1. The average molecular weight is 494 g/mol. The van der Waals surface area contributed by atoms with Gasteiger partial charge in [-0.15, -0.1) is 24.0 Å². The molecule has 1 amide bonds. The molecule has 7 nitrogen and oxygen atoms in total. The van der Waals surface area contributed by atoms with E-state index in [1.165, 1.54) is 7.11 Å². The molecule has 2 aliphatic heterocycles. The number of piperidine rings is 1. The van der Waals surface area contributed by atoms with Crippen LogP contribution in [0.1, 0.15) is 52.4 Å². The van der Waals surface area contributed by atoms with Crippen LogP contribution in [0.4, 0.5) is 0 Å². The number of likely N-dealkylation sites (tertiary alicyclic amines) is 2. The topological polar surface area (TPSA) is 74.2 Å². The molecule has 2 fully saturated rings. The number of carbonyl (C=O) groups excluding carboxylic acids is 2. The lowest BCUT2D eigenvalue weighted by Gasteiger charge is -2.33. The second kappa shape index (κ2) is 12.4. The van der Waals surface area contributed by atoms with Gasteiger partial charge in [0.2, 0.25) is 5.91 Å². The number of hydrogen-bond acceptors (Lipinski definition) is 4. The number of nitrogens with zero attached hydrogens (tertiary/aromatic N) is 3. The molecule has 27 heavy (non-hydrogen) atoms. The van der Waals surface area contributed by atoms with E-state index >= 15 is 0 Å². The Bertz CT molecular complexity index is 507. The molecule has 0 aliphatic carbocycles. The summed E-state index contributed by atoms with van der Waals surface area (Å²) < 4.78 is 4.86. The SMILES string of the molecule is CCNC(=NCCC(CC)N1CCCC1=O)N1CCC(C(=O)OC)CC1.I. The molecular weight excluding hydrogens is 459 g/mol. The Kier molecular flexibility index (Phi) is 11.0. The van der Waals surface area contributed by atoms with Crippen LogP contribution in [0, 0.1) is 5.92 Å². The number of halogens is 1. The number of amides is 1. The first-order valence-electron chi connectivity index (χ1n) is 10.0. The minimum atomic E-state index is -0.104. The van der Waals surface area contributed by atoms with E-state index in [1.807, 2.05) is 4.90 Å². The molecular formula is C19H35IN4O3. The summed E-state index contributed by atoms with van der Waals surface area (Å²) in [5.74, 6) is 1.11. The smallest absolute Gasteiger partial charge is 0.308 e. The van der Waals surface area contributed by atoms with Gasteiger partial charge in [-0.2, -0.15) is 0 Å². The van der Waals surface area contributed by atoms with Gasteiger partial charge in [0.15, 0.2) is 5.96 Å². The zero-order valence-corrected chi connectivity index (χ0v) is 19.2. The minimum absolute atomic E-state index is 0. The third kappa shape index (κ3) is 6.80. The molecule has 0 spiro atoms. The molecule has 0 bridgehead atoms. The van der Waals surface area contributed by atoms with Crippen molar-refractivity contribution in [3.63, 3.8) is 0 Å². The van der Waals surface area contributed by atoms with Crippen LogP contribution in [0.15, 0.2) is 4.99 Å². The predicted octanol–water partition coefficient (Wildman–Crippen LogP) is 2.25. The molecule has 8 heteroatoms. The Hall–Kier alpha value is -1.06. The van der Waals surface area contributed by atoms with Crippen molar-refractivity contribution in [2.45, 2.75) is 58.4 Å². The Morgan fingerprint density at radius 1 is 1.30 bits per heavy atom. The van der Waals surface area contributed by atoms with Gasteiger partial charge in [0, 0.05) is 45.2 Å². The maximum absolute atomic E-state index is 12.0. The van der Waals surface area contributed by atoms with Crippen LogP contribution in [0.5, 0.6) is 0 Å². The maximum atomic E-state index is 12.0. The molecule has 0 aromatic carbocycles. The highest BCUT2D eigenvalue weighted by atomic mass is 127. The number of rotatable bonds is 7. The van der Waals surface area contributed by atoms with Gasteiger partial charge in [0.05, 0.1) is 13.0 Å². The number of aliphatic imine (C=N–C) groups is 1. The molecule has 0 aromatic rings. The second-order valence-electron chi connectivity index (χ2n) is 7.06. The zero-order chi connectivity index (χ0) is 18.9. The molecule has 1 N–H and O–H groups in total. The van der Waals surface area contributed by atoms with Crippen LogP contribution in [0.2, 0.25) is 0 Å². The first-order valence-corrected chi connectivity index (χ1v) is 10.0. The van der Waals surface area contributed by atoms with E-state index in [2.05, 4.69) is 24.1 Å². The number of methoxy groups -OCH3 is 1. The van der Waals surface area contributed by atoms with E-state index in [0.29, 0.717) is 19.0 Å². The molecule has 1 atom stereocenters. The van der Waals surface area contributed by atoms with Gasteiger partial charge in [0.1, 0.15) is 0 Å². The molecule has 2 rings (SSSR count). The summed E-state index contributed by atoms with van der Waals surface area (Å²) in [5.41, 5.74) is 0. The van der Waals surface area contributed by atoms with Crippen LogP contribution in [0.25, 0.3) is 0 Å². The Morgan fingerprint density at radius 2 is 2.00 bits per heavy atom. The quantitative estimate of drug-likeness (QED) is 0.255. The molecule has 2 saturated heterocycles. The third-order valence-corrected chi connectivity index (χ3v) is 5.41. The van der Waals surface area contributed by atoms with Gasteiger partial charge in [0.25, 0.3) is 0 Å². The highest BCUT2D eigenvalue weighted by molar-refractivity contribution is 14.0. The van der Waals surface area contributed by atoms with Gasteiger partial charge >= 0.3 is 5.97 Å². The van der Waals surface area contributed by atoms with Crippen LogP contribution in [-0.4, -0.2) is 73.5 Å². The van der Waals surface area contributed by atoms with E-state index in [-0.39, 0.29) is 41.8 Å². The van der Waals surface area contributed by atoms with Gasteiger partial charge < -0.3 is 19.9 Å². The van der Waals surface area contributed by atoms with Crippen LogP contribution in [-0.2, 0) is 14.3 Å². The van der Waals surface area contributed by atoms with Crippen molar-refractivity contribution < 1.29 is 14.3 Å². The summed E-state index contributed by atoms with van der Waals surface area (Å²) in [5, 5.41) is 3.36. The van der Waals surface area contributed by atoms with Crippen molar-refractivity contribution >= 4 is 41.8 Å². The molecule has 156 valence electrons. The summed E-state index contributed by atoms with van der Waals surface area (Å²) in [6.45, 7) is 8.25. The van der Waals surface area contributed by atoms with E-state index < -0.39 is 0 Å². The summed E-state index contributed by atoms with van der Waals surface area (Å²) in [6, 6.07) is 0.293. The maximum Gasteiger partial charge on any atom is 0.308 e. The summed E-state index contributed by atoms with van der Waals surface area (Å²) >= 11 is 0. The molecule has 0 saturated carbocycles. The Balaban J connectivity index is 0.00000364. The van der Waals surface area contributed by atoms with Crippen molar-refractivity contribution in [3.05, 3.63) is 0 Å². The number of carbonyl (C=O) groups is 2. The predicted molar refractivity (Wildman–Crippen MR) is 117 cm³/mol. The second-order valence-corrected chi connectivity index (χ2v) is 7.06. The van der Waals surface area contributed by atoms with Crippen molar-refractivity contribution in [2.75, 3.05) is 39.8 Å². The summed E-state index contributed by atoms with van der Waals surface area (Å²) in [4.78, 5) is 32.7. The first kappa shape index (κ1) is 24.0. The van der Waals surface area contributed by atoms with Gasteiger partial charge in [-0.05, 0) is 39.0 Å². The fraction of sp³-hybridized carbons (Fsp3) is 0.842. The largest absolute Gasteiger partial charge is 0.469 e. The highest BCUT2D eigenvalue weighted by Crippen LogP contribution is 2.20. The normalized spacial score (nSPS) is 19.7. The van der Waals surface area contributed by atoms with Gasteiger partial charge in [-0.1, -0.05) is 6.92 Å². The summed E-state index contributed by atoms with van der Waals surface area (Å²) in [6.07, 6.45) is 5.15. The van der Waals surface area contributed by atoms with Gasteiger partial charge in [-0.3, -0.25) is 14.6 Å².